The molecule has 0 spiro atoms. The molecule has 7 heteroatoms. The SMILES string of the molecule is COc1cc(CC(=O)Nc2cccc(-c3cccc(C(C)(C)C(=O)O)c3)n2)ccc1O. The summed E-state index contributed by atoms with van der Waals surface area (Å²) in [6.45, 7) is 3.30. The van der Waals surface area contributed by atoms with E-state index in [1.165, 1.54) is 13.2 Å². The lowest BCUT2D eigenvalue weighted by Gasteiger charge is -2.20. The minimum absolute atomic E-state index is 0.00864. The Kier molecular flexibility index (Phi) is 6.25. The van der Waals surface area contributed by atoms with Gasteiger partial charge >= 0.3 is 5.97 Å². The molecular formula is C24H24N2O5. The summed E-state index contributed by atoms with van der Waals surface area (Å²) in [5.74, 6) is -0.484. The van der Waals surface area contributed by atoms with Gasteiger partial charge in [0.05, 0.1) is 24.6 Å². The molecule has 0 unspecified atom stereocenters. The lowest BCUT2D eigenvalue weighted by molar-refractivity contribution is -0.142. The summed E-state index contributed by atoms with van der Waals surface area (Å²) in [6, 6.07) is 17.2. The number of phenols is 1. The van der Waals surface area contributed by atoms with Gasteiger partial charge in [-0.25, -0.2) is 4.98 Å². The molecule has 7 nitrogen and oxygen atoms in total. The molecular weight excluding hydrogens is 396 g/mol. The summed E-state index contributed by atoms with van der Waals surface area (Å²) in [5, 5.41) is 21.9. The first kappa shape index (κ1) is 21.8. The van der Waals surface area contributed by atoms with Crippen molar-refractivity contribution in [2.45, 2.75) is 25.7 Å². The van der Waals surface area contributed by atoms with E-state index < -0.39 is 11.4 Å². The Morgan fingerprint density at radius 2 is 1.81 bits per heavy atom. The molecule has 0 atom stereocenters. The monoisotopic (exact) mass is 420 g/mol. The highest BCUT2D eigenvalue weighted by Gasteiger charge is 2.29. The Morgan fingerprint density at radius 1 is 1.06 bits per heavy atom. The van der Waals surface area contributed by atoms with Gasteiger partial charge in [0.1, 0.15) is 5.82 Å². The Labute approximate surface area is 180 Å². The number of carbonyl (C=O) groups excluding carboxylic acids is 1. The van der Waals surface area contributed by atoms with Gasteiger partial charge in [-0.3, -0.25) is 9.59 Å². The van der Waals surface area contributed by atoms with E-state index in [1.54, 1.807) is 62.4 Å². The van der Waals surface area contributed by atoms with E-state index in [4.69, 9.17) is 4.74 Å². The van der Waals surface area contributed by atoms with Crippen molar-refractivity contribution in [3.63, 3.8) is 0 Å². The Balaban J connectivity index is 1.78. The fraction of sp³-hybridized carbons (Fsp3) is 0.208. The third-order valence-corrected chi connectivity index (χ3v) is 5.04. The van der Waals surface area contributed by atoms with Crippen molar-refractivity contribution >= 4 is 17.7 Å². The molecule has 3 aromatic rings. The quantitative estimate of drug-likeness (QED) is 0.533. The molecule has 0 saturated carbocycles. The van der Waals surface area contributed by atoms with Crippen LogP contribution in [0, 0.1) is 0 Å². The molecule has 0 fully saturated rings. The second-order valence-electron chi connectivity index (χ2n) is 7.65. The molecule has 3 N–H and O–H groups in total. The Hall–Kier alpha value is -3.87. The molecule has 0 saturated heterocycles. The van der Waals surface area contributed by atoms with E-state index in [0.29, 0.717) is 28.4 Å². The number of anilines is 1. The van der Waals surface area contributed by atoms with Gasteiger partial charge in [0.25, 0.3) is 0 Å². The molecule has 2 aromatic carbocycles. The predicted octanol–water partition coefficient (Wildman–Crippen LogP) is 4.01. The number of hydrogen-bond donors (Lipinski definition) is 3. The molecule has 1 aromatic heterocycles. The lowest BCUT2D eigenvalue weighted by Crippen LogP contribution is -2.28. The molecule has 160 valence electrons. The molecule has 0 bridgehead atoms. The topological polar surface area (TPSA) is 109 Å². The fourth-order valence-electron chi connectivity index (χ4n) is 3.06. The molecule has 0 aliphatic carbocycles. The van der Waals surface area contributed by atoms with E-state index >= 15 is 0 Å². The first-order chi connectivity index (χ1) is 14.7. The van der Waals surface area contributed by atoms with Crippen molar-refractivity contribution in [3.8, 4) is 22.8 Å². The number of aromatic hydroxyl groups is 1. The van der Waals surface area contributed by atoms with Crippen LogP contribution in [0.15, 0.2) is 60.7 Å². The number of nitrogens with one attached hydrogen (secondary N) is 1. The van der Waals surface area contributed by atoms with Crippen molar-refractivity contribution in [1.29, 1.82) is 0 Å². The molecule has 3 rings (SSSR count). The smallest absolute Gasteiger partial charge is 0.313 e. The molecule has 0 aliphatic heterocycles. The van der Waals surface area contributed by atoms with Crippen molar-refractivity contribution in [3.05, 3.63) is 71.8 Å². The normalized spacial score (nSPS) is 11.1. The number of carboxylic acids is 1. The van der Waals surface area contributed by atoms with Gasteiger partial charge in [0.15, 0.2) is 11.5 Å². The van der Waals surface area contributed by atoms with E-state index in [2.05, 4.69) is 10.3 Å². The Bertz CT molecular complexity index is 1120. The largest absolute Gasteiger partial charge is 0.504 e. The zero-order chi connectivity index (χ0) is 22.6. The summed E-state index contributed by atoms with van der Waals surface area (Å²) in [4.78, 5) is 28.5. The molecule has 1 amide bonds. The first-order valence-electron chi connectivity index (χ1n) is 9.68. The van der Waals surface area contributed by atoms with Gasteiger partial charge in [-0.1, -0.05) is 30.3 Å². The van der Waals surface area contributed by atoms with Crippen molar-refractivity contribution in [2.75, 3.05) is 12.4 Å². The number of hydrogen-bond acceptors (Lipinski definition) is 5. The summed E-state index contributed by atoms with van der Waals surface area (Å²) in [5.41, 5.74) is 1.69. The van der Waals surface area contributed by atoms with Gasteiger partial charge in [0.2, 0.25) is 5.91 Å². The van der Waals surface area contributed by atoms with Gasteiger partial charge in [0, 0.05) is 5.56 Å². The lowest BCUT2D eigenvalue weighted by atomic mass is 9.84. The highest BCUT2D eigenvalue weighted by Crippen LogP contribution is 2.29. The highest BCUT2D eigenvalue weighted by atomic mass is 16.5. The molecule has 0 radical (unpaired) electrons. The van der Waals surface area contributed by atoms with Gasteiger partial charge in [-0.2, -0.15) is 0 Å². The minimum Gasteiger partial charge on any atom is -0.504 e. The maximum Gasteiger partial charge on any atom is 0.313 e. The zero-order valence-corrected chi connectivity index (χ0v) is 17.5. The molecule has 0 aliphatic rings. The maximum atomic E-state index is 12.5. The third kappa shape index (κ3) is 5.01. The number of carboxylic acid groups (broad SMARTS) is 1. The number of ether oxygens (including phenoxy) is 1. The van der Waals surface area contributed by atoms with Crippen LogP contribution in [0.3, 0.4) is 0 Å². The average Bonchev–Trinajstić information content (AvgIpc) is 2.75. The second-order valence-corrected chi connectivity index (χ2v) is 7.65. The summed E-state index contributed by atoms with van der Waals surface area (Å²) in [7, 11) is 1.45. The van der Waals surface area contributed by atoms with Crippen LogP contribution in [-0.2, 0) is 21.4 Å². The highest BCUT2D eigenvalue weighted by molar-refractivity contribution is 5.91. The fourth-order valence-corrected chi connectivity index (χ4v) is 3.06. The van der Waals surface area contributed by atoms with Crippen LogP contribution in [-0.4, -0.2) is 34.2 Å². The van der Waals surface area contributed by atoms with E-state index in [0.717, 1.165) is 5.56 Å². The summed E-state index contributed by atoms with van der Waals surface area (Å²) < 4.78 is 5.07. The number of aromatic nitrogens is 1. The zero-order valence-electron chi connectivity index (χ0n) is 17.5. The average molecular weight is 420 g/mol. The van der Waals surface area contributed by atoms with Crippen molar-refractivity contribution < 1.29 is 24.5 Å². The minimum atomic E-state index is -1.03. The molecule has 1 heterocycles. The second kappa shape index (κ2) is 8.87. The number of aliphatic carboxylic acids is 1. The number of carbonyl (C=O) groups is 2. The number of rotatable bonds is 7. The molecule has 31 heavy (non-hydrogen) atoms. The number of methoxy groups -OCH3 is 1. The number of pyridine rings is 1. The van der Waals surface area contributed by atoms with Crippen LogP contribution in [0.5, 0.6) is 11.5 Å². The van der Waals surface area contributed by atoms with Crippen LogP contribution in [0.2, 0.25) is 0 Å². The maximum absolute atomic E-state index is 12.5. The Morgan fingerprint density at radius 3 is 2.52 bits per heavy atom. The van der Waals surface area contributed by atoms with E-state index in [-0.39, 0.29) is 18.1 Å². The van der Waals surface area contributed by atoms with Crippen LogP contribution < -0.4 is 10.1 Å². The standard InChI is InChI=1S/C24H24N2O5/c1-24(2,23(29)30)17-7-4-6-16(14-17)18-8-5-9-21(25-18)26-22(28)13-15-10-11-19(27)20(12-15)31-3/h4-12,14,27H,13H2,1-3H3,(H,29,30)(H,25,26,28). The third-order valence-electron chi connectivity index (χ3n) is 5.04. The van der Waals surface area contributed by atoms with Crippen molar-refractivity contribution in [1.82, 2.24) is 4.98 Å². The van der Waals surface area contributed by atoms with Gasteiger partial charge in [-0.05, 0) is 55.3 Å². The number of phenolic OH excluding ortho intramolecular Hbond substituents is 1. The predicted molar refractivity (Wildman–Crippen MR) is 117 cm³/mol. The van der Waals surface area contributed by atoms with Gasteiger partial charge < -0.3 is 20.3 Å². The first-order valence-corrected chi connectivity index (χ1v) is 9.68. The number of nitrogens with zero attached hydrogens (tertiary/aromatic N) is 1. The van der Waals surface area contributed by atoms with E-state index in [9.17, 15) is 19.8 Å². The summed E-state index contributed by atoms with van der Waals surface area (Å²) in [6.07, 6.45) is 0.0881. The van der Waals surface area contributed by atoms with Crippen LogP contribution in [0.1, 0.15) is 25.0 Å². The van der Waals surface area contributed by atoms with E-state index in [1.807, 2.05) is 6.07 Å². The van der Waals surface area contributed by atoms with Gasteiger partial charge in [-0.15, -0.1) is 0 Å². The van der Waals surface area contributed by atoms with Crippen molar-refractivity contribution in [2.24, 2.45) is 0 Å². The van der Waals surface area contributed by atoms with Crippen LogP contribution >= 0.6 is 0 Å². The summed E-state index contributed by atoms with van der Waals surface area (Å²) >= 11 is 0. The number of amides is 1. The van der Waals surface area contributed by atoms with Crippen LogP contribution in [0.25, 0.3) is 11.3 Å². The van der Waals surface area contributed by atoms with Crippen LogP contribution in [0.4, 0.5) is 5.82 Å². The number of benzene rings is 2.